The van der Waals surface area contributed by atoms with Crippen molar-refractivity contribution < 1.29 is 9.90 Å². The van der Waals surface area contributed by atoms with Crippen LogP contribution in [0.2, 0.25) is 0 Å². The van der Waals surface area contributed by atoms with Gasteiger partial charge in [-0.05, 0) is 6.07 Å². The summed E-state index contributed by atoms with van der Waals surface area (Å²) in [6.07, 6.45) is 6.87. The number of carbonyl (C=O) groups excluding carboxylic acids is 1. The predicted octanol–water partition coefficient (Wildman–Crippen LogP) is 0.883. The Balaban J connectivity index is 2.28. The Morgan fingerprint density at radius 3 is 2.94 bits per heavy atom. The maximum atomic E-state index is 11.6. The van der Waals surface area contributed by atoms with E-state index >= 15 is 0 Å². The number of rotatable bonds is 4. The molecule has 0 radical (unpaired) electrons. The number of para-hydroxylation sites is 1. The van der Waals surface area contributed by atoms with E-state index in [1.807, 2.05) is 28.8 Å². The maximum absolute atomic E-state index is 11.6. The van der Waals surface area contributed by atoms with Crippen molar-refractivity contribution >= 4 is 16.8 Å². The van der Waals surface area contributed by atoms with Gasteiger partial charge in [0, 0.05) is 22.7 Å². The third kappa shape index (κ3) is 2.36. The number of benzene rings is 1. The summed E-state index contributed by atoms with van der Waals surface area (Å²) in [4.78, 5) is 11.6. The molecule has 1 heterocycles. The van der Waals surface area contributed by atoms with Crippen molar-refractivity contribution in [3.05, 3.63) is 36.0 Å². The molecular weight excluding hydrogens is 228 g/mol. The summed E-state index contributed by atoms with van der Waals surface area (Å²) in [5.41, 5.74) is 1.74. The Labute approximate surface area is 105 Å². The van der Waals surface area contributed by atoms with Crippen LogP contribution in [0.1, 0.15) is 5.56 Å². The van der Waals surface area contributed by atoms with Crippen LogP contribution in [0.5, 0.6) is 0 Å². The van der Waals surface area contributed by atoms with Crippen molar-refractivity contribution in [2.45, 2.75) is 13.2 Å². The molecule has 4 heteroatoms. The highest BCUT2D eigenvalue weighted by molar-refractivity contribution is 5.86. The van der Waals surface area contributed by atoms with Crippen LogP contribution in [0.25, 0.3) is 10.9 Å². The Morgan fingerprint density at radius 2 is 2.22 bits per heavy atom. The first kappa shape index (κ1) is 12.2. The summed E-state index contributed by atoms with van der Waals surface area (Å²) >= 11 is 0. The zero-order valence-electron chi connectivity index (χ0n) is 9.89. The van der Waals surface area contributed by atoms with E-state index in [0.29, 0.717) is 0 Å². The monoisotopic (exact) mass is 242 g/mol. The quantitative estimate of drug-likeness (QED) is 0.782. The summed E-state index contributed by atoms with van der Waals surface area (Å²) in [7, 11) is 0. The lowest BCUT2D eigenvalue weighted by Gasteiger charge is -2.04. The molecule has 4 nitrogen and oxygen atoms in total. The maximum Gasteiger partial charge on any atom is 0.240 e. The zero-order valence-corrected chi connectivity index (χ0v) is 9.89. The third-order valence-corrected chi connectivity index (χ3v) is 2.74. The SMILES string of the molecule is C#CCNC(=O)Cn1cc(CO)c2ccccc21. The third-order valence-electron chi connectivity index (χ3n) is 2.74. The van der Waals surface area contributed by atoms with E-state index in [0.717, 1.165) is 16.5 Å². The molecule has 18 heavy (non-hydrogen) atoms. The fourth-order valence-corrected chi connectivity index (χ4v) is 1.94. The van der Waals surface area contributed by atoms with Crippen molar-refractivity contribution in [1.29, 1.82) is 0 Å². The normalized spacial score (nSPS) is 10.2. The van der Waals surface area contributed by atoms with E-state index in [4.69, 9.17) is 6.42 Å². The van der Waals surface area contributed by atoms with Gasteiger partial charge in [0.2, 0.25) is 5.91 Å². The van der Waals surface area contributed by atoms with Crippen molar-refractivity contribution in [1.82, 2.24) is 9.88 Å². The fraction of sp³-hybridized carbons (Fsp3) is 0.214. The molecule has 2 aromatic rings. The van der Waals surface area contributed by atoms with Gasteiger partial charge in [0.05, 0.1) is 13.2 Å². The molecule has 1 aromatic carbocycles. The van der Waals surface area contributed by atoms with Gasteiger partial charge in [-0.25, -0.2) is 0 Å². The topological polar surface area (TPSA) is 54.3 Å². The summed E-state index contributed by atoms with van der Waals surface area (Å²) in [5, 5.41) is 12.9. The Kier molecular flexibility index (Phi) is 3.66. The summed E-state index contributed by atoms with van der Waals surface area (Å²) in [6.45, 7) is 0.382. The van der Waals surface area contributed by atoms with Gasteiger partial charge in [0.15, 0.2) is 0 Å². The van der Waals surface area contributed by atoms with E-state index in [1.54, 1.807) is 6.20 Å². The Bertz CT molecular complexity index is 608. The number of terminal acetylenes is 1. The van der Waals surface area contributed by atoms with Gasteiger partial charge in [-0.3, -0.25) is 4.79 Å². The lowest BCUT2D eigenvalue weighted by Crippen LogP contribution is -2.27. The zero-order chi connectivity index (χ0) is 13.0. The number of aliphatic hydroxyl groups is 1. The van der Waals surface area contributed by atoms with Crippen molar-refractivity contribution in [3.63, 3.8) is 0 Å². The van der Waals surface area contributed by atoms with E-state index < -0.39 is 0 Å². The molecule has 0 bridgehead atoms. The molecule has 92 valence electrons. The number of hydrogen-bond donors (Lipinski definition) is 2. The largest absolute Gasteiger partial charge is 0.392 e. The molecule has 2 N–H and O–H groups in total. The number of nitrogens with zero attached hydrogens (tertiary/aromatic N) is 1. The molecule has 1 amide bonds. The number of aliphatic hydroxyl groups excluding tert-OH is 1. The van der Waals surface area contributed by atoms with Crippen LogP contribution in [0, 0.1) is 12.3 Å². The van der Waals surface area contributed by atoms with Crippen LogP contribution in [0.15, 0.2) is 30.5 Å². The molecule has 0 fully saturated rings. The van der Waals surface area contributed by atoms with Gasteiger partial charge in [-0.2, -0.15) is 0 Å². The van der Waals surface area contributed by atoms with Crippen molar-refractivity contribution in [3.8, 4) is 12.3 Å². The number of hydrogen-bond acceptors (Lipinski definition) is 2. The highest BCUT2D eigenvalue weighted by Crippen LogP contribution is 2.21. The van der Waals surface area contributed by atoms with Crippen LogP contribution in [0.3, 0.4) is 0 Å². The number of nitrogens with one attached hydrogen (secondary N) is 1. The minimum Gasteiger partial charge on any atom is -0.392 e. The van der Waals surface area contributed by atoms with Crippen LogP contribution < -0.4 is 5.32 Å². The smallest absolute Gasteiger partial charge is 0.240 e. The van der Waals surface area contributed by atoms with Gasteiger partial charge < -0.3 is 15.0 Å². The van der Waals surface area contributed by atoms with E-state index in [-0.39, 0.29) is 25.6 Å². The second-order valence-electron chi connectivity index (χ2n) is 3.94. The summed E-state index contributed by atoms with van der Waals surface area (Å²) < 4.78 is 1.81. The standard InChI is InChI=1S/C14H14N2O2/c1-2-7-15-14(18)9-16-8-11(10-17)12-5-3-4-6-13(12)16/h1,3-6,8,17H,7,9-10H2,(H,15,18). The lowest BCUT2D eigenvalue weighted by molar-refractivity contribution is -0.121. The minimum absolute atomic E-state index is 0.0422. The molecule has 0 saturated carbocycles. The van der Waals surface area contributed by atoms with Gasteiger partial charge in [-0.1, -0.05) is 24.1 Å². The number of carbonyl (C=O) groups is 1. The van der Waals surface area contributed by atoms with Crippen LogP contribution in [0.4, 0.5) is 0 Å². The Morgan fingerprint density at radius 1 is 1.44 bits per heavy atom. The first-order chi connectivity index (χ1) is 8.76. The van der Waals surface area contributed by atoms with Crippen molar-refractivity contribution in [2.75, 3.05) is 6.54 Å². The first-order valence-electron chi connectivity index (χ1n) is 5.64. The Hall–Kier alpha value is -2.25. The minimum atomic E-state index is -0.141. The molecular formula is C14H14N2O2. The molecule has 2 rings (SSSR count). The van der Waals surface area contributed by atoms with E-state index in [2.05, 4.69) is 11.2 Å². The second kappa shape index (κ2) is 5.39. The molecule has 1 aromatic heterocycles. The molecule has 0 aliphatic heterocycles. The highest BCUT2D eigenvalue weighted by atomic mass is 16.3. The van der Waals surface area contributed by atoms with Gasteiger partial charge in [0.1, 0.15) is 6.54 Å². The first-order valence-corrected chi connectivity index (χ1v) is 5.64. The fourth-order valence-electron chi connectivity index (χ4n) is 1.94. The predicted molar refractivity (Wildman–Crippen MR) is 69.7 cm³/mol. The average molecular weight is 242 g/mol. The van der Waals surface area contributed by atoms with Crippen molar-refractivity contribution in [2.24, 2.45) is 0 Å². The summed E-state index contributed by atoms with van der Waals surface area (Å²) in [5.74, 6) is 2.22. The molecule has 0 saturated heterocycles. The molecule has 0 spiro atoms. The van der Waals surface area contributed by atoms with Crippen LogP contribution in [-0.2, 0) is 17.9 Å². The van der Waals surface area contributed by atoms with Crippen LogP contribution >= 0.6 is 0 Å². The van der Waals surface area contributed by atoms with Gasteiger partial charge >= 0.3 is 0 Å². The molecule has 0 atom stereocenters. The molecule has 0 unspecified atom stereocenters. The van der Waals surface area contributed by atoms with Crippen LogP contribution in [-0.4, -0.2) is 22.1 Å². The van der Waals surface area contributed by atoms with Gasteiger partial charge in [-0.15, -0.1) is 6.42 Å². The lowest BCUT2D eigenvalue weighted by atomic mass is 10.2. The number of amides is 1. The average Bonchev–Trinajstić information content (AvgIpc) is 2.75. The summed E-state index contributed by atoms with van der Waals surface area (Å²) in [6, 6.07) is 7.66. The second-order valence-corrected chi connectivity index (χ2v) is 3.94. The van der Waals surface area contributed by atoms with E-state index in [9.17, 15) is 9.90 Å². The number of aromatic nitrogens is 1. The molecule has 0 aliphatic rings. The highest BCUT2D eigenvalue weighted by Gasteiger charge is 2.09. The van der Waals surface area contributed by atoms with Gasteiger partial charge in [0.25, 0.3) is 0 Å². The number of fused-ring (bicyclic) bond motifs is 1. The molecule has 0 aliphatic carbocycles. The van der Waals surface area contributed by atoms with E-state index in [1.165, 1.54) is 0 Å².